The third-order valence-electron chi connectivity index (χ3n) is 7.01. The molecular weight excluding hydrogens is 550 g/mol. The summed E-state index contributed by atoms with van der Waals surface area (Å²) < 4.78 is 71.3. The highest BCUT2D eigenvalue weighted by Gasteiger charge is 2.25. The number of hydrogen-bond acceptors (Lipinski definition) is 5. The van der Waals surface area contributed by atoms with Gasteiger partial charge in [-0.1, -0.05) is 18.2 Å². The van der Waals surface area contributed by atoms with Crippen LogP contribution in [-0.4, -0.2) is 28.8 Å². The number of halogens is 2. The molecule has 2 aromatic heterocycles. The Balaban J connectivity index is 1.47. The standard InChI is InChI=1S/C30H24F2N4O4S/c1-33-27-16-21(10-11-25(27)31)40-30-24(15-20-18-34-35(19-20)29-9-5-6-14-39-29)23-12-13-36(28(23)17-26(30)32)41(37,38)22-7-3-2-4-8-22/h2-4,7-8,10-13,16-19,29H,5-6,9,14-15H2. The van der Waals surface area contributed by atoms with Gasteiger partial charge in [0.1, 0.15) is 17.8 Å². The first kappa shape index (κ1) is 26.7. The van der Waals surface area contributed by atoms with Crippen LogP contribution < -0.4 is 4.74 Å². The molecule has 6 rings (SSSR count). The van der Waals surface area contributed by atoms with Gasteiger partial charge >= 0.3 is 0 Å². The summed E-state index contributed by atoms with van der Waals surface area (Å²) in [7, 11) is -4.02. The second kappa shape index (κ2) is 10.8. The molecule has 1 saturated heterocycles. The molecule has 11 heteroatoms. The van der Waals surface area contributed by atoms with E-state index in [0.717, 1.165) is 40.9 Å². The average molecular weight is 575 g/mol. The van der Waals surface area contributed by atoms with Gasteiger partial charge in [0.15, 0.2) is 11.6 Å². The van der Waals surface area contributed by atoms with Crippen molar-refractivity contribution in [3.8, 4) is 11.5 Å². The highest BCUT2D eigenvalue weighted by atomic mass is 32.2. The topological polar surface area (TPSA) is 79.7 Å². The van der Waals surface area contributed by atoms with Gasteiger partial charge in [-0.25, -0.2) is 30.7 Å². The maximum Gasteiger partial charge on any atom is 0.268 e. The van der Waals surface area contributed by atoms with Crippen molar-refractivity contribution in [1.82, 2.24) is 13.8 Å². The van der Waals surface area contributed by atoms with E-state index >= 15 is 4.39 Å². The molecule has 0 bridgehead atoms. The molecule has 0 saturated carbocycles. The van der Waals surface area contributed by atoms with Crippen LogP contribution in [0.4, 0.5) is 14.5 Å². The number of aromatic nitrogens is 3. The number of nitrogens with zero attached hydrogens (tertiary/aromatic N) is 4. The van der Waals surface area contributed by atoms with Crippen LogP contribution in [0.1, 0.15) is 36.6 Å². The van der Waals surface area contributed by atoms with E-state index in [1.54, 1.807) is 35.1 Å². The molecule has 8 nitrogen and oxygen atoms in total. The van der Waals surface area contributed by atoms with Crippen LogP contribution in [0.2, 0.25) is 0 Å². The quantitative estimate of drug-likeness (QED) is 0.196. The molecule has 1 aliphatic rings. The Morgan fingerprint density at radius 3 is 2.66 bits per heavy atom. The van der Waals surface area contributed by atoms with E-state index in [1.165, 1.54) is 30.5 Å². The Bertz CT molecular complexity index is 1890. The normalized spacial score (nSPS) is 15.6. The Kier molecular flexibility index (Phi) is 7.03. The number of benzene rings is 3. The lowest BCUT2D eigenvalue weighted by atomic mass is 10.0. The third-order valence-corrected chi connectivity index (χ3v) is 8.72. The molecule has 0 aliphatic carbocycles. The average Bonchev–Trinajstić information content (AvgIpc) is 3.64. The van der Waals surface area contributed by atoms with Gasteiger partial charge in [0.2, 0.25) is 5.69 Å². The summed E-state index contributed by atoms with van der Waals surface area (Å²) in [4.78, 5) is 3.21. The zero-order chi connectivity index (χ0) is 28.6. The van der Waals surface area contributed by atoms with E-state index in [4.69, 9.17) is 16.0 Å². The highest BCUT2D eigenvalue weighted by molar-refractivity contribution is 7.90. The maximum absolute atomic E-state index is 15.9. The SMILES string of the molecule is [C-]#[N+]c1cc(Oc2c(F)cc3c(ccn3S(=O)(=O)c3ccccc3)c2Cc2cnn(C3CCCCO3)c2)ccc1F. The fourth-order valence-electron chi connectivity index (χ4n) is 5.00. The first-order valence-corrected chi connectivity index (χ1v) is 14.4. The van der Waals surface area contributed by atoms with Crippen LogP contribution in [0, 0.1) is 18.2 Å². The molecule has 5 aromatic rings. The molecule has 1 aliphatic heterocycles. The van der Waals surface area contributed by atoms with Crippen molar-refractivity contribution in [1.29, 1.82) is 0 Å². The van der Waals surface area contributed by atoms with Crippen LogP contribution in [0.15, 0.2) is 84.1 Å². The van der Waals surface area contributed by atoms with Gasteiger partial charge in [-0.3, -0.25) is 0 Å². The monoisotopic (exact) mass is 574 g/mol. The third kappa shape index (κ3) is 5.08. The first-order valence-electron chi connectivity index (χ1n) is 13.0. The summed E-state index contributed by atoms with van der Waals surface area (Å²) in [5.41, 5.74) is 0.979. The second-order valence-corrected chi connectivity index (χ2v) is 11.5. The largest absolute Gasteiger partial charge is 0.455 e. The minimum atomic E-state index is -4.02. The Labute approximate surface area is 235 Å². The summed E-state index contributed by atoms with van der Waals surface area (Å²) in [6.45, 7) is 7.85. The maximum atomic E-state index is 15.9. The van der Waals surface area contributed by atoms with Crippen LogP contribution in [0.25, 0.3) is 15.7 Å². The van der Waals surface area contributed by atoms with Crippen molar-refractivity contribution in [3.63, 3.8) is 0 Å². The lowest BCUT2D eigenvalue weighted by molar-refractivity contribution is -0.0395. The van der Waals surface area contributed by atoms with Crippen molar-refractivity contribution in [3.05, 3.63) is 113 Å². The van der Waals surface area contributed by atoms with Crippen LogP contribution in [0.3, 0.4) is 0 Å². The number of rotatable bonds is 7. The smallest absolute Gasteiger partial charge is 0.268 e. The first-order chi connectivity index (χ1) is 19.8. The van der Waals surface area contributed by atoms with Gasteiger partial charge < -0.3 is 9.47 Å². The molecule has 1 atom stereocenters. The molecule has 3 aromatic carbocycles. The van der Waals surface area contributed by atoms with E-state index in [0.29, 0.717) is 17.6 Å². The highest BCUT2D eigenvalue weighted by Crippen LogP contribution is 2.39. The van der Waals surface area contributed by atoms with Gasteiger partial charge in [-0.05, 0) is 61.2 Å². The van der Waals surface area contributed by atoms with E-state index < -0.39 is 21.7 Å². The van der Waals surface area contributed by atoms with Crippen molar-refractivity contribution >= 4 is 26.6 Å². The van der Waals surface area contributed by atoms with Gasteiger partial charge in [0.05, 0.1) is 23.2 Å². The second-order valence-electron chi connectivity index (χ2n) is 9.68. The van der Waals surface area contributed by atoms with Gasteiger partial charge in [-0.2, -0.15) is 5.10 Å². The van der Waals surface area contributed by atoms with Crippen molar-refractivity contribution in [2.75, 3.05) is 6.61 Å². The number of ether oxygens (including phenoxy) is 2. The molecule has 0 radical (unpaired) electrons. The van der Waals surface area contributed by atoms with Crippen molar-refractivity contribution in [2.45, 2.75) is 36.8 Å². The fraction of sp³-hybridized carbons (Fsp3) is 0.200. The number of hydrogen-bond donors (Lipinski definition) is 0. The summed E-state index contributed by atoms with van der Waals surface area (Å²) in [5, 5.41) is 4.90. The molecule has 1 unspecified atom stereocenters. The summed E-state index contributed by atoms with van der Waals surface area (Å²) in [5.74, 6) is -1.62. The van der Waals surface area contributed by atoms with Gasteiger partial charge in [0.25, 0.3) is 10.0 Å². The minimum Gasteiger partial charge on any atom is -0.455 e. The Morgan fingerprint density at radius 1 is 1.07 bits per heavy atom. The van der Waals surface area contributed by atoms with Crippen LogP contribution >= 0.6 is 0 Å². The lowest BCUT2D eigenvalue weighted by Gasteiger charge is -2.22. The molecular formula is C30H24F2N4O4S. The predicted octanol–water partition coefficient (Wildman–Crippen LogP) is 6.99. The fourth-order valence-corrected chi connectivity index (χ4v) is 6.36. The zero-order valence-corrected chi connectivity index (χ0v) is 22.5. The molecule has 41 heavy (non-hydrogen) atoms. The van der Waals surface area contributed by atoms with Crippen molar-refractivity contribution < 1.29 is 26.7 Å². The predicted molar refractivity (Wildman–Crippen MR) is 148 cm³/mol. The Hall–Kier alpha value is -4.53. The van der Waals surface area contributed by atoms with Crippen molar-refractivity contribution in [2.24, 2.45) is 0 Å². The van der Waals surface area contributed by atoms with E-state index in [-0.39, 0.29) is 40.2 Å². The molecule has 0 amide bonds. The molecule has 3 heterocycles. The van der Waals surface area contributed by atoms with E-state index in [1.807, 2.05) is 6.20 Å². The molecule has 1 fully saturated rings. The van der Waals surface area contributed by atoms with Gasteiger partial charge in [-0.15, -0.1) is 0 Å². The zero-order valence-electron chi connectivity index (χ0n) is 21.7. The van der Waals surface area contributed by atoms with E-state index in [9.17, 15) is 12.8 Å². The molecule has 0 spiro atoms. The molecule has 208 valence electrons. The Morgan fingerprint density at radius 2 is 1.90 bits per heavy atom. The summed E-state index contributed by atoms with van der Waals surface area (Å²) in [6, 6.07) is 14.2. The van der Waals surface area contributed by atoms with Gasteiger partial charge in [0, 0.05) is 42.4 Å². The minimum absolute atomic E-state index is 0.0616. The van der Waals surface area contributed by atoms with E-state index in [2.05, 4.69) is 9.94 Å². The van der Waals surface area contributed by atoms with Crippen LogP contribution in [0.5, 0.6) is 11.5 Å². The van der Waals surface area contributed by atoms with Crippen LogP contribution in [-0.2, 0) is 21.2 Å². The molecule has 0 N–H and O–H groups in total. The summed E-state index contributed by atoms with van der Waals surface area (Å²) >= 11 is 0. The number of fused-ring (bicyclic) bond motifs is 1. The lowest BCUT2D eigenvalue weighted by Crippen LogP contribution is -2.18. The summed E-state index contributed by atoms with van der Waals surface area (Å²) in [6.07, 6.45) is 7.67.